The Balaban J connectivity index is 1.70. The van der Waals surface area contributed by atoms with Crippen molar-refractivity contribution in [1.29, 1.82) is 0 Å². The first kappa shape index (κ1) is 19.3. The van der Waals surface area contributed by atoms with E-state index in [0.717, 1.165) is 16.5 Å². The summed E-state index contributed by atoms with van der Waals surface area (Å²) in [6, 6.07) is 6.22. The molecule has 0 aliphatic heterocycles. The maximum Gasteiger partial charge on any atom is 0.405 e. The zero-order chi connectivity index (χ0) is 19.2. The van der Waals surface area contributed by atoms with Crippen LogP contribution in [0.15, 0.2) is 30.5 Å². The number of fused-ring (bicyclic) bond motifs is 1. The van der Waals surface area contributed by atoms with Crippen molar-refractivity contribution in [3.05, 3.63) is 36.0 Å². The molecule has 0 atom stereocenters. The first-order chi connectivity index (χ1) is 12.2. The minimum Gasteiger partial charge on any atom is -0.456 e. The molecule has 7 nitrogen and oxygen atoms in total. The minimum absolute atomic E-state index is 0.00932. The molecule has 140 valence electrons. The number of urea groups is 1. The van der Waals surface area contributed by atoms with Gasteiger partial charge < -0.3 is 15.0 Å². The highest BCUT2D eigenvalue weighted by Gasteiger charge is 2.28. The zero-order valence-corrected chi connectivity index (χ0v) is 13.5. The van der Waals surface area contributed by atoms with Crippen LogP contribution in [0, 0.1) is 0 Å². The van der Waals surface area contributed by atoms with Gasteiger partial charge in [-0.05, 0) is 18.1 Å². The lowest BCUT2D eigenvalue weighted by molar-refractivity contribution is -0.148. The topological polar surface area (TPSA) is 100 Å². The largest absolute Gasteiger partial charge is 0.456 e. The number of halogens is 3. The van der Waals surface area contributed by atoms with E-state index in [2.05, 4.69) is 4.98 Å². The summed E-state index contributed by atoms with van der Waals surface area (Å²) in [6.45, 7) is -2.33. The van der Waals surface area contributed by atoms with Crippen LogP contribution in [-0.4, -0.2) is 42.2 Å². The van der Waals surface area contributed by atoms with Gasteiger partial charge in [0.2, 0.25) is 0 Å². The van der Waals surface area contributed by atoms with Crippen molar-refractivity contribution in [2.24, 2.45) is 0 Å². The van der Waals surface area contributed by atoms with Gasteiger partial charge in [-0.2, -0.15) is 13.2 Å². The lowest BCUT2D eigenvalue weighted by Crippen LogP contribution is -2.44. The Kier molecular flexibility index (Phi) is 6.21. The Bertz CT molecular complexity index is 801. The van der Waals surface area contributed by atoms with Gasteiger partial charge in [0, 0.05) is 23.5 Å². The number of imide groups is 1. The van der Waals surface area contributed by atoms with E-state index in [1.165, 1.54) is 5.32 Å². The summed E-state index contributed by atoms with van der Waals surface area (Å²) in [6.07, 6.45) is -2.42. The van der Waals surface area contributed by atoms with E-state index in [4.69, 9.17) is 4.74 Å². The molecular weight excluding hydrogens is 355 g/mol. The van der Waals surface area contributed by atoms with Crippen molar-refractivity contribution in [2.75, 3.05) is 13.2 Å². The number of H-pyrrole nitrogens is 1. The average Bonchev–Trinajstić information content (AvgIpc) is 2.99. The normalized spacial score (nSPS) is 11.2. The molecule has 2 rings (SSSR count). The van der Waals surface area contributed by atoms with Gasteiger partial charge in [-0.1, -0.05) is 18.2 Å². The summed E-state index contributed by atoms with van der Waals surface area (Å²) in [5, 5.41) is 4.06. The molecule has 2 aromatic rings. The number of carbonyl (C=O) groups is 3. The van der Waals surface area contributed by atoms with E-state index >= 15 is 0 Å². The fourth-order valence-corrected chi connectivity index (χ4v) is 2.18. The summed E-state index contributed by atoms with van der Waals surface area (Å²) in [5.41, 5.74) is 1.84. The number of alkyl halides is 3. The molecule has 0 aliphatic rings. The maximum absolute atomic E-state index is 11.9. The van der Waals surface area contributed by atoms with Crippen molar-refractivity contribution in [3.8, 4) is 0 Å². The van der Waals surface area contributed by atoms with E-state index in [1.807, 2.05) is 24.3 Å². The SMILES string of the molecule is O=C(COC(=O)CCc1c[nH]c2ccccc12)NC(=O)NCC(F)(F)F. The molecule has 3 N–H and O–H groups in total. The molecule has 0 saturated carbocycles. The van der Waals surface area contributed by atoms with Crippen LogP contribution in [0.1, 0.15) is 12.0 Å². The highest BCUT2D eigenvalue weighted by Crippen LogP contribution is 2.19. The molecule has 3 amide bonds. The highest BCUT2D eigenvalue weighted by molar-refractivity contribution is 5.95. The summed E-state index contributed by atoms with van der Waals surface area (Å²) < 4.78 is 40.4. The fraction of sp³-hybridized carbons (Fsp3) is 0.312. The number of hydrogen-bond donors (Lipinski definition) is 3. The second-order valence-electron chi connectivity index (χ2n) is 5.37. The maximum atomic E-state index is 11.9. The monoisotopic (exact) mass is 371 g/mol. The van der Waals surface area contributed by atoms with Gasteiger partial charge in [-0.15, -0.1) is 0 Å². The van der Waals surface area contributed by atoms with E-state index in [0.29, 0.717) is 6.42 Å². The first-order valence-corrected chi connectivity index (χ1v) is 7.59. The van der Waals surface area contributed by atoms with E-state index in [-0.39, 0.29) is 6.42 Å². The third kappa shape index (κ3) is 6.11. The number of nitrogens with one attached hydrogen (secondary N) is 3. The Hall–Kier alpha value is -3.04. The van der Waals surface area contributed by atoms with Gasteiger partial charge in [0.15, 0.2) is 6.61 Å². The smallest absolute Gasteiger partial charge is 0.405 e. The molecule has 1 heterocycles. The van der Waals surface area contributed by atoms with Crippen molar-refractivity contribution in [2.45, 2.75) is 19.0 Å². The summed E-state index contributed by atoms with van der Waals surface area (Å²) in [5.74, 6) is -1.69. The number of rotatable bonds is 6. The van der Waals surface area contributed by atoms with E-state index in [9.17, 15) is 27.6 Å². The number of hydrogen-bond acceptors (Lipinski definition) is 4. The van der Waals surface area contributed by atoms with Gasteiger partial charge in [0.25, 0.3) is 5.91 Å². The number of benzene rings is 1. The van der Waals surface area contributed by atoms with Crippen LogP contribution in [0.2, 0.25) is 0 Å². The van der Waals surface area contributed by atoms with E-state index in [1.54, 1.807) is 11.5 Å². The van der Waals surface area contributed by atoms with E-state index < -0.39 is 37.2 Å². The van der Waals surface area contributed by atoms with Crippen LogP contribution in [0.25, 0.3) is 10.9 Å². The average molecular weight is 371 g/mol. The second kappa shape index (κ2) is 8.37. The van der Waals surface area contributed by atoms with Crippen LogP contribution in [0.3, 0.4) is 0 Å². The number of ether oxygens (including phenoxy) is 1. The fourth-order valence-electron chi connectivity index (χ4n) is 2.18. The van der Waals surface area contributed by atoms with Gasteiger partial charge in [0.1, 0.15) is 6.54 Å². The molecule has 0 radical (unpaired) electrons. The molecule has 26 heavy (non-hydrogen) atoms. The van der Waals surface area contributed by atoms with Crippen molar-refractivity contribution < 1.29 is 32.3 Å². The van der Waals surface area contributed by atoms with Crippen molar-refractivity contribution in [1.82, 2.24) is 15.6 Å². The van der Waals surface area contributed by atoms with Crippen molar-refractivity contribution >= 4 is 28.8 Å². The molecule has 0 unspecified atom stereocenters. The molecular formula is C16H16F3N3O4. The van der Waals surface area contributed by atoms with Crippen LogP contribution in [0.4, 0.5) is 18.0 Å². The van der Waals surface area contributed by atoms with Gasteiger partial charge >= 0.3 is 18.2 Å². The molecule has 10 heteroatoms. The predicted molar refractivity (Wildman–Crippen MR) is 85.2 cm³/mol. The molecule has 0 aliphatic carbocycles. The predicted octanol–water partition coefficient (Wildman–Crippen LogP) is 2.03. The van der Waals surface area contributed by atoms with Crippen molar-refractivity contribution in [3.63, 3.8) is 0 Å². The summed E-state index contributed by atoms with van der Waals surface area (Å²) in [4.78, 5) is 37.1. The van der Waals surface area contributed by atoms with Crippen LogP contribution in [0.5, 0.6) is 0 Å². The lowest BCUT2D eigenvalue weighted by atomic mass is 10.1. The van der Waals surface area contributed by atoms with Gasteiger partial charge in [-0.3, -0.25) is 14.9 Å². The number of aromatic amines is 1. The number of amides is 3. The zero-order valence-electron chi connectivity index (χ0n) is 13.5. The Labute approximate surface area is 145 Å². The van der Waals surface area contributed by atoms with Crippen LogP contribution < -0.4 is 10.6 Å². The standard InChI is InChI=1S/C16H16F3N3O4/c17-16(18,19)9-21-15(25)22-13(23)8-26-14(24)6-5-10-7-20-12-4-2-1-3-11(10)12/h1-4,7,20H,5-6,8-9H2,(H2,21,22,23,25). The molecule has 0 fully saturated rings. The number of carbonyl (C=O) groups excluding carboxylic acids is 3. The summed E-state index contributed by atoms with van der Waals surface area (Å²) in [7, 11) is 0. The number of aryl methyl sites for hydroxylation is 1. The van der Waals surface area contributed by atoms with Gasteiger partial charge in [-0.25, -0.2) is 4.79 Å². The second-order valence-corrected chi connectivity index (χ2v) is 5.37. The Morgan fingerprint density at radius 3 is 2.62 bits per heavy atom. The van der Waals surface area contributed by atoms with Crippen LogP contribution in [-0.2, 0) is 20.7 Å². The molecule has 0 bridgehead atoms. The third-order valence-corrected chi connectivity index (χ3v) is 3.34. The quantitative estimate of drug-likeness (QED) is 0.677. The van der Waals surface area contributed by atoms with Gasteiger partial charge in [0.05, 0.1) is 0 Å². The Morgan fingerprint density at radius 2 is 1.88 bits per heavy atom. The minimum atomic E-state index is -4.59. The first-order valence-electron chi connectivity index (χ1n) is 7.59. The molecule has 0 saturated heterocycles. The molecule has 0 spiro atoms. The Morgan fingerprint density at radius 1 is 1.15 bits per heavy atom. The summed E-state index contributed by atoms with van der Waals surface area (Å²) >= 11 is 0. The molecule has 1 aromatic carbocycles. The number of aromatic nitrogens is 1. The van der Waals surface area contributed by atoms with Crippen LogP contribution >= 0.6 is 0 Å². The number of esters is 1. The number of para-hydroxylation sites is 1. The molecule has 1 aromatic heterocycles. The lowest BCUT2D eigenvalue weighted by Gasteiger charge is -2.09. The third-order valence-electron chi connectivity index (χ3n) is 3.34. The highest BCUT2D eigenvalue weighted by atomic mass is 19.4.